The zero-order valence-electron chi connectivity index (χ0n) is 11.6. The summed E-state index contributed by atoms with van der Waals surface area (Å²) in [4.78, 5) is 2.22. The molecule has 8 heteroatoms. The average molecular weight is 309 g/mol. The number of aliphatic hydroxyl groups is 1. The molecular formula is C13H17ClN6O. The molecule has 2 aromatic heterocycles. The molecule has 1 saturated heterocycles. The Balaban J connectivity index is 1.63. The van der Waals surface area contributed by atoms with Crippen LogP contribution in [0.5, 0.6) is 0 Å². The lowest BCUT2D eigenvalue weighted by atomic mass is 9.98. The van der Waals surface area contributed by atoms with Gasteiger partial charge in [0, 0.05) is 19.6 Å². The molecule has 2 aromatic rings. The Hall–Kier alpha value is -1.73. The van der Waals surface area contributed by atoms with Crippen molar-refractivity contribution < 1.29 is 5.11 Å². The number of hydrogen-bond acceptors (Lipinski definition) is 6. The molecule has 0 saturated carbocycles. The number of piperidine rings is 1. The van der Waals surface area contributed by atoms with Crippen molar-refractivity contribution in [3.8, 4) is 0 Å². The Morgan fingerprint density at radius 2 is 2.19 bits per heavy atom. The van der Waals surface area contributed by atoms with E-state index in [1.807, 2.05) is 6.07 Å². The lowest BCUT2D eigenvalue weighted by Crippen LogP contribution is -2.37. The summed E-state index contributed by atoms with van der Waals surface area (Å²) in [5.41, 5.74) is 0.603. The summed E-state index contributed by atoms with van der Waals surface area (Å²) >= 11 is 5.77. The molecular weight excluding hydrogens is 292 g/mol. The first-order valence-corrected chi connectivity index (χ1v) is 7.36. The van der Waals surface area contributed by atoms with E-state index in [1.54, 1.807) is 16.9 Å². The van der Waals surface area contributed by atoms with E-state index >= 15 is 0 Å². The van der Waals surface area contributed by atoms with Gasteiger partial charge in [0.1, 0.15) is 5.69 Å². The van der Waals surface area contributed by atoms with Crippen LogP contribution in [0, 0.1) is 5.92 Å². The van der Waals surface area contributed by atoms with Crippen molar-refractivity contribution in [2.45, 2.75) is 26.0 Å². The average Bonchev–Trinajstić information content (AvgIpc) is 2.96. The van der Waals surface area contributed by atoms with Crippen LogP contribution in [0.15, 0.2) is 18.3 Å². The minimum Gasteiger partial charge on any atom is -0.390 e. The third-order valence-electron chi connectivity index (χ3n) is 3.65. The van der Waals surface area contributed by atoms with Crippen LogP contribution in [-0.2, 0) is 13.2 Å². The largest absolute Gasteiger partial charge is 0.390 e. The first kappa shape index (κ1) is 14.2. The highest BCUT2D eigenvalue weighted by atomic mass is 35.5. The van der Waals surface area contributed by atoms with E-state index in [9.17, 15) is 0 Å². The molecule has 0 amide bonds. The molecule has 0 aliphatic carbocycles. The van der Waals surface area contributed by atoms with E-state index in [-0.39, 0.29) is 6.61 Å². The predicted octanol–water partition coefficient (Wildman–Crippen LogP) is 1.13. The molecule has 1 fully saturated rings. The van der Waals surface area contributed by atoms with Crippen LogP contribution in [0.3, 0.4) is 0 Å². The SMILES string of the molecule is OCc1cn(CC2CCCN(c3ccc(Cl)nn3)C2)nn1. The van der Waals surface area contributed by atoms with Crippen LogP contribution < -0.4 is 4.90 Å². The van der Waals surface area contributed by atoms with Gasteiger partial charge in [0.05, 0.1) is 12.8 Å². The van der Waals surface area contributed by atoms with Crippen LogP contribution in [0.25, 0.3) is 0 Å². The molecule has 112 valence electrons. The fourth-order valence-electron chi connectivity index (χ4n) is 2.66. The highest BCUT2D eigenvalue weighted by Crippen LogP contribution is 2.22. The topological polar surface area (TPSA) is 80.0 Å². The zero-order chi connectivity index (χ0) is 14.7. The fourth-order valence-corrected chi connectivity index (χ4v) is 2.77. The van der Waals surface area contributed by atoms with E-state index < -0.39 is 0 Å². The summed E-state index contributed by atoms with van der Waals surface area (Å²) < 4.78 is 1.80. The van der Waals surface area contributed by atoms with Crippen LogP contribution in [-0.4, -0.2) is 43.4 Å². The van der Waals surface area contributed by atoms with Crippen molar-refractivity contribution in [2.24, 2.45) is 5.92 Å². The van der Waals surface area contributed by atoms with Gasteiger partial charge in [-0.1, -0.05) is 16.8 Å². The minimum absolute atomic E-state index is 0.0723. The lowest BCUT2D eigenvalue weighted by molar-refractivity contribution is 0.276. The molecule has 1 aliphatic heterocycles. The van der Waals surface area contributed by atoms with Gasteiger partial charge in [0.15, 0.2) is 11.0 Å². The van der Waals surface area contributed by atoms with Crippen molar-refractivity contribution in [1.82, 2.24) is 25.2 Å². The van der Waals surface area contributed by atoms with E-state index in [2.05, 4.69) is 25.4 Å². The number of aromatic nitrogens is 5. The van der Waals surface area contributed by atoms with Gasteiger partial charge < -0.3 is 10.0 Å². The Morgan fingerprint density at radius 1 is 1.29 bits per heavy atom. The van der Waals surface area contributed by atoms with Gasteiger partial charge in [-0.2, -0.15) is 0 Å². The Bertz CT molecular complexity index is 587. The van der Waals surface area contributed by atoms with Gasteiger partial charge in [-0.15, -0.1) is 15.3 Å². The van der Waals surface area contributed by atoms with Crippen molar-refractivity contribution in [3.05, 3.63) is 29.2 Å². The van der Waals surface area contributed by atoms with Gasteiger partial charge in [0.25, 0.3) is 0 Å². The molecule has 1 N–H and O–H groups in total. The number of anilines is 1. The predicted molar refractivity (Wildman–Crippen MR) is 77.9 cm³/mol. The summed E-state index contributed by atoms with van der Waals surface area (Å²) in [6.07, 6.45) is 4.05. The monoisotopic (exact) mass is 308 g/mol. The zero-order valence-corrected chi connectivity index (χ0v) is 12.3. The molecule has 0 aromatic carbocycles. The Kier molecular flexibility index (Phi) is 4.31. The normalized spacial score (nSPS) is 19.0. The molecule has 1 atom stereocenters. The van der Waals surface area contributed by atoms with Gasteiger partial charge in [0.2, 0.25) is 0 Å². The summed E-state index contributed by atoms with van der Waals surface area (Å²) in [6, 6.07) is 3.66. The third-order valence-corrected chi connectivity index (χ3v) is 3.86. The van der Waals surface area contributed by atoms with Crippen LogP contribution in [0.2, 0.25) is 5.15 Å². The van der Waals surface area contributed by atoms with E-state index in [0.717, 1.165) is 38.3 Å². The molecule has 0 spiro atoms. The van der Waals surface area contributed by atoms with Crippen LogP contribution >= 0.6 is 11.6 Å². The van der Waals surface area contributed by atoms with Gasteiger partial charge in [-0.05, 0) is 30.9 Å². The summed E-state index contributed by atoms with van der Waals surface area (Å²) in [7, 11) is 0. The van der Waals surface area contributed by atoms with Crippen molar-refractivity contribution >= 4 is 17.4 Å². The quantitative estimate of drug-likeness (QED) is 0.912. The molecule has 0 radical (unpaired) electrons. The van der Waals surface area contributed by atoms with Crippen LogP contribution in [0.4, 0.5) is 5.82 Å². The third kappa shape index (κ3) is 3.48. The fraction of sp³-hybridized carbons (Fsp3) is 0.538. The first-order valence-electron chi connectivity index (χ1n) is 6.98. The Morgan fingerprint density at radius 3 is 2.90 bits per heavy atom. The van der Waals surface area contributed by atoms with E-state index in [1.165, 1.54) is 0 Å². The second-order valence-electron chi connectivity index (χ2n) is 5.26. The summed E-state index contributed by atoms with van der Waals surface area (Å²) in [6.45, 7) is 2.61. The molecule has 3 rings (SSSR count). The molecule has 21 heavy (non-hydrogen) atoms. The maximum Gasteiger partial charge on any atom is 0.151 e. The molecule has 0 bridgehead atoms. The maximum absolute atomic E-state index is 9.02. The summed E-state index contributed by atoms with van der Waals surface area (Å²) in [5.74, 6) is 1.34. The molecule has 1 unspecified atom stereocenters. The van der Waals surface area contributed by atoms with Gasteiger partial charge >= 0.3 is 0 Å². The van der Waals surface area contributed by atoms with Crippen LogP contribution in [0.1, 0.15) is 18.5 Å². The number of halogens is 1. The molecule has 3 heterocycles. The maximum atomic E-state index is 9.02. The van der Waals surface area contributed by atoms with Crippen molar-refractivity contribution in [2.75, 3.05) is 18.0 Å². The summed E-state index contributed by atoms with van der Waals surface area (Å²) in [5, 5.41) is 25.4. The number of aliphatic hydroxyl groups excluding tert-OH is 1. The smallest absolute Gasteiger partial charge is 0.151 e. The van der Waals surface area contributed by atoms with E-state index in [4.69, 9.17) is 16.7 Å². The molecule has 1 aliphatic rings. The van der Waals surface area contributed by atoms with Crippen molar-refractivity contribution in [3.63, 3.8) is 0 Å². The van der Waals surface area contributed by atoms with Crippen molar-refractivity contribution in [1.29, 1.82) is 0 Å². The lowest BCUT2D eigenvalue weighted by Gasteiger charge is -2.33. The number of rotatable bonds is 4. The second-order valence-corrected chi connectivity index (χ2v) is 5.65. The highest BCUT2D eigenvalue weighted by Gasteiger charge is 2.22. The minimum atomic E-state index is -0.0723. The number of hydrogen-bond donors (Lipinski definition) is 1. The Labute approximate surface area is 127 Å². The second kappa shape index (κ2) is 6.36. The van der Waals surface area contributed by atoms with Gasteiger partial charge in [-0.25, -0.2) is 0 Å². The highest BCUT2D eigenvalue weighted by molar-refractivity contribution is 6.29. The van der Waals surface area contributed by atoms with E-state index in [0.29, 0.717) is 16.8 Å². The van der Waals surface area contributed by atoms with Gasteiger partial charge in [-0.3, -0.25) is 4.68 Å². The first-order chi connectivity index (χ1) is 10.2. The molecule has 7 nitrogen and oxygen atoms in total. The standard InChI is InChI=1S/C13H17ClN6O/c14-12-3-4-13(17-16-12)19-5-1-2-10(6-19)7-20-8-11(9-21)15-18-20/h3-4,8,10,21H,1-2,5-7,9H2. The number of nitrogens with zero attached hydrogens (tertiary/aromatic N) is 6.